The van der Waals surface area contributed by atoms with Gasteiger partial charge in [0.25, 0.3) is 0 Å². The van der Waals surface area contributed by atoms with E-state index < -0.39 is 42.1 Å². The summed E-state index contributed by atoms with van der Waals surface area (Å²) in [5.74, 6) is -3.02. The predicted molar refractivity (Wildman–Crippen MR) is 141 cm³/mol. The van der Waals surface area contributed by atoms with Gasteiger partial charge in [0.05, 0.1) is 6.61 Å². The number of hydrogen-bond acceptors (Lipinski definition) is 9. The molecule has 0 radical (unpaired) electrons. The molecule has 0 heterocycles. The largest absolute Gasteiger partial charge is 0.508 e. The number of carbonyl (C=O) groups is 4. The highest BCUT2D eigenvalue weighted by molar-refractivity contribution is 5.77. The van der Waals surface area contributed by atoms with Crippen molar-refractivity contribution in [1.82, 2.24) is 0 Å². The van der Waals surface area contributed by atoms with E-state index in [1.807, 2.05) is 48.5 Å². The molecule has 0 aliphatic heterocycles. The van der Waals surface area contributed by atoms with Crippen LogP contribution in [-0.2, 0) is 23.9 Å². The van der Waals surface area contributed by atoms with Crippen LogP contribution in [0.15, 0.2) is 18.2 Å². The molecule has 38 heavy (non-hydrogen) atoms. The second-order valence-corrected chi connectivity index (χ2v) is 11.6. The molecule has 0 aliphatic carbocycles. The van der Waals surface area contributed by atoms with Gasteiger partial charge in [0.2, 0.25) is 0 Å². The Morgan fingerprint density at radius 2 is 1.42 bits per heavy atom. The van der Waals surface area contributed by atoms with Crippen LogP contribution in [0, 0.1) is 17.3 Å². The predicted octanol–water partition coefficient (Wildman–Crippen LogP) is 5.06. The van der Waals surface area contributed by atoms with Gasteiger partial charge in [0.1, 0.15) is 12.1 Å². The van der Waals surface area contributed by atoms with E-state index in [-0.39, 0.29) is 54.6 Å². The van der Waals surface area contributed by atoms with Gasteiger partial charge in [0, 0.05) is 18.8 Å². The minimum Gasteiger partial charge on any atom is -0.480 e. The standard InChI is InChI=1S/C28H43NO9/c1-16(2)11-23(30)37-21-10-9-19(14-22(21)38-24(31)12-17(3)4)20(25(29)26(32)33)13-18(5)36-27(34)35-15-28(6,7)8/h9-10,14,16-18,20,25H,11-13,15,29H2,1-8H3,(H,32,33)/t18?,20?,25-/m0/s1. The quantitative estimate of drug-likeness (QED) is 0.258. The van der Waals surface area contributed by atoms with Crippen molar-refractivity contribution in [1.29, 1.82) is 0 Å². The van der Waals surface area contributed by atoms with Gasteiger partial charge in [-0.1, -0.05) is 54.5 Å². The molecule has 0 amide bonds. The zero-order valence-corrected chi connectivity index (χ0v) is 23.7. The minimum atomic E-state index is -1.36. The van der Waals surface area contributed by atoms with Crippen molar-refractivity contribution in [2.75, 3.05) is 6.61 Å². The molecule has 2 unspecified atom stereocenters. The highest BCUT2D eigenvalue weighted by atomic mass is 16.7. The first kappa shape index (κ1) is 32.9. The van der Waals surface area contributed by atoms with Crippen molar-refractivity contribution in [3.8, 4) is 11.5 Å². The van der Waals surface area contributed by atoms with Crippen molar-refractivity contribution in [2.45, 2.75) is 92.7 Å². The van der Waals surface area contributed by atoms with Crippen LogP contribution in [-0.4, -0.2) is 47.9 Å². The van der Waals surface area contributed by atoms with Crippen LogP contribution in [0.25, 0.3) is 0 Å². The lowest BCUT2D eigenvalue weighted by molar-refractivity contribution is -0.139. The number of carboxylic acid groups (broad SMARTS) is 1. The summed E-state index contributed by atoms with van der Waals surface area (Å²) in [4.78, 5) is 48.7. The maximum atomic E-state index is 12.4. The Morgan fingerprint density at radius 3 is 1.89 bits per heavy atom. The summed E-state index contributed by atoms with van der Waals surface area (Å²) in [7, 11) is 0. The smallest absolute Gasteiger partial charge is 0.480 e. The summed E-state index contributed by atoms with van der Waals surface area (Å²) in [6, 6.07) is 3.07. The van der Waals surface area contributed by atoms with Crippen LogP contribution in [0.2, 0.25) is 0 Å². The molecule has 0 spiro atoms. The lowest BCUT2D eigenvalue weighted by Crippen LogP contribution is -2.38. The number of benzene rings is 1. The molecule has 214 valence electrons. The van der Waals surface area contributed by atoms with Gasteiger partial charge in [0.15, 0.2) is 11.5 Å². The summed E-state index contributed by atoms with van der Waals surface area (Å²) >= 11 is 0. The summed E-state index contributed by atoms with van der Waals surface area (Å²) in [5, 5.41) is 9.64. The molecule has 3 N–H and O–H groups in total. The van der Waals surface area contributed by atoms with Crippen LogP contribution in [0.3, 0.4) is 0 Å². The molecule has 0 aromatic heterocycles. The van der Waals surface area contributed by atoms with Crippen LogP contribution < -0.4 is 15.2 Å². The highest BCUT2D eigenvalue weighted by Gasteiger charge is 2.30. The van der Waals surface area contributed by atoms with E-state index in [1.165, 1.54) is 12.1 Å². The van der Waals surface area contributed by atoms with Crippen molar-refractivity contribution in [3.63, 3.8) is 0 Å². The van der Waals surface area contributed by atoms with E-state index in [1.54, 1.807) is 13.0 Å². The number of nitrogens with two attached hydrogens (primary N) is 1. The van der Waals surface area contributed by atoms with Gasteiger partial charge in [-0.25, -0.2) is 4.79 Å². The molecule has 0 fully saturated rings. The Morgan fingerprint density at radius 1 is 0.895 bits per heavy atom. The SMILES string of the molecule is CC(C)CC(=O)Oc1ccc(C(CC(C)OC(=O)OCC(C)(C)C)[C@H](N)C(=O)O)cc1OC(=O)CC(C)C. The Hall–Kier alpha value is -3.14. The van der Waals surface area contributed by atoms with E-state index in [4.69, 9.17) is 24.7 Å². The third-order valence-corrected chi connectivity index (χ3v) is 5.22. The molecule has 0 aliphatic rings. The van der Waals surface area contributed by atoms with Crippen molar-refractivity contribution in [2.24, 2.45) is 23.0 Å². The lowest BCUT2D eigenvalue weighted by atomic mass is 9.87. The normalized spacial score (nSPS) is 14.0. The van der Waals surface area contributed by atoms with Crippen molar-refractivity contribution >= 4 is 24.1 Å². The average molecular weight is 538 g/mol. The highest BCUT2D eigenvalue weighted by Crippen LogP contribution is 2.35. The average Bonchev–Trinajstić information content (AvgIpc) is 2.75. The van der Waals surface area contributed by atoms with E-state index in [0.717, 1.165) is 0 Å². The second kappa shape index (κ2) is 14.7. The second-order valence-electron chi connectivity index (χ2n) is 11.6. The van der Waals surface area contributed by atoms with E-state index in [2.05, 4.69) is 0 Å². The lowest BCUT2D eigenvalue weighted by Gasteiger charge is -2.26. The molecular weight excluding hydrogens is 494 g/mol. The summed E-state index contributed by atoms with van der Waals surface area (Å²) in [6.45, 7) is 14.9. The van der Waals surface area contributed by atoms with Crippen LogP contribution in [0.1, 0.15) is 86.1 Å². The number of esters is 2. The van der Waals surface area contributed by atoms with Crippen LogP contribution >= 0.6 is 0 Å². The molecule has 1 aromatic rings. The van der Waals surface area contributed by atoms with Gasteiger partial charge in [-0.15, -0.1) is 0 Å². The van der Waals surface area contributed by atoms with Crippen molar-refractivity contribution < 1.29 is 43.2 Å². The first-order valence-corrected chi connectivity index (χ1v) is 12.9. The van der Waals surface area contributed by atoms with E-state index in [9.17, 15) is 24.3 Å². The molecule has 0 bridgehead atoms. The first-order chi connectivity index (χ1) is 17.5. The fraction of sp³-hybridized carbons (Fsp3) is 0.643. The zero-order chi connectivity index (χ0) is 29.2. The fourth-order valence-electron chi connectivity index (χ4n) is 3.46. The molecule has 1 aromatic carbocycles. The van der Waals surface area contributed by atoms with Gasteiger partial charge in [-0.05, 0) is 48.3 Å². The zero-order valence-electron chi connectivity index (χ0n) is 23.7. The summed E-state index contributed by atoms with van der Waals surface area (Å²) < 4.78 is 21.4. The summed E-state index contributed by atoms with van der Waals surface area (Å²) in [5.41, 5.74) is 6.18. The molecule has 0 saturated carbocycles. The Balaban J connectivity index is 3.27. The number of ether oxygens (including phenoxy) is 4. The Labute approximate surface area is 225 Å². The van der Waals surface area contributed by atoms with E-state index in [0.29, 0.717) is 5.56 Å². The molecular formula is C28H43NO9. The maximum absolute atomic E-state index is 12.4. The van der Waals surface area contributed by atoms with E-state index >= 15 is 0 Å². The Kier molecular flexibility index (Phi) is 12.7. The van der Waals surface area contributed by atoms with Gasteiger partial charge in [-0.3, -0.25) is 14.4 Å². The molecule has 3 atom stereocenters. The third-order valence-electron chi connectivity index (χ3n) is 5.22. The number of rotatable bonds is 13. The number of carboxylic acids is 1. The van der Waals surface area contributed by atoms with Gasteiger partial charge in [-0.2, -0.15) is 0 Å². The summed E-state index contributed by atoms with van der Waals surface area (Å²) in [6.07, 6.45) is -1.28. The first-order valence-electron chi connectivity index (χ1n) is 12.9. The van der Waals surface area contributed by atoms with Crippen molar-refractivity contribution in [3.05, 3.63) is 23.8 Å². The number of aliphatic carboxylic acids is 1. The maximum Gasteiger partial charge on any atom is 0.508 e. The molecule has 10 heteroatoms. The topological polar surface area (TPSA) is 151 Å². The third kappa shape index (κ3) is 12.4. The minimum absolute atomic E-state index is 0.0222. The molecule has 1 rings (SSSR count). The monoisotopic (exact) mass is 537 g/mol. The Bertz CT molecular complexity index is 966. The van der Waals surface area contributed by atoms with Gasteiger partial charge >= 0.3 is 24.1 Å². The number of carbonyl (C=O) groups excluding carboxylic acids is 3. The molecule has 10 nitrogen and oxygen atoms in total. The van der Waals surface area contributed by atoms with Crippen LogP contribution in [0.5, 0.6) is 11.5 Å². The molecule has 0 saturated heterocycles. The number of hydrogen-bond donors (Lipinski definition) is 2. The van der Waals surface area contributed by atoms with Gasteiger partial charge < -0.3 is 29.8 Å². The van der Waals surface area contributed by atoms with Crippen LogP contribution in [0.4, 0.5) is 4.79 Å². The fourth-order valence-corrected chi connectivity index (χ4v) is 3.46.